The number of hydrogen-bond acceptors (Lipinski definition) is 12. The van der Waals surface area contributed by atoms with E-state index in [1.165, 1.54) is 42.3 Å². The van der Waals surface area contributed by atoms with Crippen LogP contribution in [0, 0.1) is 0 Å². The van der Waals surface area contributed by atoms with Crippen molar-refractivity contribution in [1.82, 2.24) is 30.1 Å². The molecule has 3 heterocycles. The highest BCUT2D eigenvalue weighted by Crippen LogP contribution is 2.35. The number of carbonyl (C=O) groups is 5. The van der Waals surface area contributed by atoms with Crippen molar-refractivity contribution >= 4 is 80.4 Å². The van der Waals surface area contributed by atoms with E-state index in [-0.39, 0.29) is 29.2 Å². The lowest BCUT2D eigenvalue weighted by atomic mass is 10.1. The molecule has 1 aliphatic rings. The summed E-state index contributed by atoms with van der Waals surface area (Å²) in [6.45, 7) is 6.28. The number of aromatic nitrogens is 3. The number of nitrogen functional groups attached to an aromatic ring is 1. The molecule has 1 aromatic carbocycles. The Hall–Kier alpha value is -3.33. The molecule has 4 atom stereocenters. The van der Waals surface area contributed by atoms with Gasteiger partial charge in [-0.15, -0.1) is 23.5 Å². The van der Waals surface area contributed by atoms with Crippen LogP contribution in [0.5, 0.6) is 0 Å². The number of ketones is 3. The lowest BCUT2D eigenvalue weighted by Gasteiger charge is -2.19. The maximum absolute atomic E-state index is 13.5. The minimum absolute atomic E-state index is 0.0309. The maximum Gasteiger partial charge on any atom is 0.243 e. The summed E-state index contributed by atoms with van der Waals surface area (Å²) < 4.78 is 2.31. The fourth-order valence-electron chi connectivity index (χ4n) is 6.75. The normalized spacial score (nSPS) is 17.3. The topological polar surface area (TPSA) is 169 Å². The first kappa shape index (κ1) is 42.4. The van der Waals surface area contributed by atoms with Gasteiger partial charge in [0.25, 0.3) is 0 Å². The largest absolute Gasteiger partial charge is 0.382 e. The highest BCUT2D eigenvalue weighted by atomic mass is 32.2. The summed E-state index contributed by atoms with van der Waals surface area (Å²) in [5.41, 5.74) is 9.01. The molecular formula is C39H57N7O5S2. The van der Waals surface area contributed by atoms with Gasteiger partial charge in [-0.2, -0.15) is 0 Å². The fourth-order valence-corrected chi connectivity index (χ4v) is 9.95. The third-order valence-electron chi connectivity index (χ3n) is 9.98. The second kappa shape index (κ2) is 20.9. The number of Topliss-reactive ketones (excluding diaryl/α,β-unsaturated/α-hetero) is 3. The van der Waals surface area contributed by atoms with Crippen molar-refractivity contribution < 1.29 is 24.0 Å². The van der Waals surface area contributed by atoms with Crippen molar-refractivity contribution in [1.29, 1.82) is 0 Å². The third-order valence-corrected chi connectivity index (χ3v) is 12.9. The molecule has 0 aliphatic carbocycles. The second-order valence-corrected chi connectivity index (χ2v) is 16.2. The van der Waals surface area contributed by atoms with Crippen LogP contribution < -0.4 is 16.4 Å². The number of para-hydroxylation sites is 1. The van der Waals surface area contributed by atoms with Gasteiger partial charge in [0.15, 0.2) is 5.82 Å². The zero-order valence-corrected chi connectivity index (χ0v) is 33.6. The van der Waals surface area contributed by atoms with Gasteiger partial charge in [-0.05, 0) is 66.1 Å². The number of nitrogens with zero attached hydrogens (tertiary/aromatic N) is 4. The number of likely N-dealkylation sites (tertiary alicyclic amines) is 1. The number of carbonyl (C=O) groups excluding carboxylic acids is 5. The Labute approximate surface area is 321 Å². The van der Waals surface area contributed by atoms with Gasteiger partial charge in [-0.1, -0.05) is 44.4 Å². The highest BCUT2D eigenvalue weighted by molar-refractivity contribution is 8.05. The van der Waals surface area contributed by atoms with Crippen LogP contribution in [0.15, 0.2) is 24.3 Å². The van der Waals surface area contributed by atoms with E-state index in [2.05, 4.69) is 33.2 Å². The van der Waals surface area contributed by atoms with Gasteiger partial charge in [-0.25, -0.2) is 9.97 Å². The van der Waals surface area contributed by atoms with Gasteiger partial charge < -0.3 is 20.9 Å². The van der Waals surface area contributed by atoms with Crippen LogP contribution in [0.3, 0.4) is 0 Å². The average Bonchev–Trinajstić information content (AvgIpc) is 3.61. The summed E-state index contributed by atoms with van der Waals surface area (Å²) in [6, 6.07) is 7.21. The number of rotatable bonds is 25. The lowest BCUT2D eigenvalue weighted by molar-refractivity contribution is -0.138. The molecule has 0 bridgehead atoms. The van der Waals surface area contributed by atoms with Crippen molar-refractivity contribution in [3.8, 4) is 0 Å². The molecule has 0 spiro atoms. The number of unbranched alkanes of at least 4 members (excludes halogenated alkanes) is 5. The van der Waals surface area contributed by atoms with Gasteiger partial charge in [0.05, 0.1) is 23.1 Å². The number of nitrogens with one attached hydrogen (secondary N) is 2. The number of fused-ring (bicyclic) bond motifs is 3. The molecule has 290 valence electrons. The molecule has 1 saturated heterocycles. The maximum atomic E-state index is 13.5. The summed E-state index contributed by atoms with van der Waals surface area (Å²) in [6.07, 6.45) is 8.77. The number of imidazole rings is 1. The number of hydrogen-bond donors (Lipinski definition) is 3. The van der Waals surface area contributed by atoms with Crippen LogP contribution in [0.2, 0.25) is 0 Å². The van der Waals surface area contributed by atoms with E-state index in [4.69, 9.17) is 10.7 Å². The molecule has 0 saturated carbocycles. The van der Waals surface area contributed by atoms with Crippen LogP contribution in [-0.4, -0.2) is 103 Å². The first-order valence-electron chi connectivity index (χ1n) is 19.0. The van der Waals surface area contributed by atoms with Crippen molar-refractivity contribution in [3.05, 3.63) is 30.1 Å². The Bertz CT molecular complexity index is 1700. The molecular weight excluding hydrogens is 711 g/mol. The number of nitrogens with two attached hydrogens (primary N) is 1. The molecule has 4 rings (SSSR count). The number of anilines is 1. The minimum atomic E-state index is -0.626. The Kier molecular flexibility index (Phi) is 16.8. The van der Waals surface area contributed by atoms with Crippen LogP contribution in [0.4, 0.5) is 5.82 Å². The van der Waals surface area contributed by atoms with Crippen LogP contribution >= 0.6 is 23.5 Å². The molecule has 53 heavy (non-hydrogen) atoms. The number of amides is 2. The van der Waals surface area contributed by atoms with Gasteiger partial charge in [0.2, 0.25) is 11.8 Å². The molecule has 2 aromatic heterocycles. The van der Waals surface area contributed by atoms with E-state index in [0.29, 0.717) is 49.6 Å². The predicted molar refractivity (Wildman–Crippen MR) is 216 cm³/mol. The number of likely N-dealkylation sites (N-methyl/N-ethyl adjacent to an activating group) is 2. The number of imide groups is 1. The zero-order chi connectivity index (χ0) is 38.5. The Morgan fingerprint density at radius 3 is 1.92 bits per heavy atom. The Morgan fingerprint density at radius 2 is 1.38 bits per heavy atom. The Balaban J connectivity index is 1.23. The van der Waals surface area contributed by atoms with E-state index in [9.17, 15) is 24.0 Å². The van der Waals surface area contributed by atoms with E-state index >= 15 is 0 Å². The van der Waals surface area contributed by atoms with Crippen LogP contribution in [0.1, 0.15) is 90.8 Å². The smallest absolute Gasteiger partial charge is 0.243 e. The molecule has 12 nitrogen and oxygen atoms in total. The summed E-state index contributed by atoms with van der Waals surface area (Å²) in [7, 11) is 3.40. The standard InChI is InChI=1S/C39H57N7O5S2/c1-6-7-20-32-44-33-34(28-18-12-13-19-29(28)43-37(33)40)45(32)21-14-8-10-16-27(49)17-11-9-15-22-46-38(50)35(52-23-30(41-4)25(2)47)36(39(46)51)53-24-31(42-5)26(3)48/h12-13,18-19,30-31,35-36,41-42H,6-11,14-17,20-24H2,1-5H3,(H2,40,43). The van der Waals surface area contributed by atoms with E-state index in [1.807, 2.05) is 18.2 Å². The van der Waals surface area contributed by atoms with Gasteiger partial charge >= 0.3 is 0 Å². The van der Waals surface area contributed by atoms with Gasteiger partial charge in [0, 0.05) is 49.2 Å². The molecule has 4 unspecified atom stereocenters. The van der Waals surface area contributed by atoms with Gasteiger partial charge in [0.1, 0.15) is 39.2 Å². The van der Waals surface area contributed by atoms with E-state index < -0.39 is 22.6 Å². The molecule has 3 aromatic rings. The van der Waals surface area contributed by atoms with Crippen LogP contribution in [0.25, 0.3) is 21.9 Å². The van der Waals surface area contributed by atoms with Crippen molar-refractivity contribution in [3.63, 3.8) is 0 Å². The Morgan fingerprint density at radius 1 is 0.811 bits per heavy atom. The summed E-state index contributed by atoms with van der Waals surface area (Å²) in [5.74, 6) is 1.92. The molecule has 0 radical (unpaired) electrons. The third kappa shape index (κ3) is 11.1. The summed E-state index contributed by atoms with van der Waals surface area (Å²) in [4.78, 5) is 74.5. The number of pyridine rings is 1. The zero-order valence-electron chi connectivity index (χ0n) is 31.9. The van der Waals surface area contributed by atoms with E-state index in [1.54, 1.807) is 14.1 Å². The molecule has 1 aliphatic heterocycles. The fraction of sp³-hybridized carbons (Fsp3) is 0.615. The quantitative estimate of drug-likeness (QED) is 0.0770. The molecule has 2 amide bonds. The minimum Gasteiger partial charge on any atom is -0.382 e. The van der Waals surface area contributed by atoms with E-state index in [0.717, 1.165) is 79.3 Å². The molecule has 4 N–H and O–H groups in total. The number of benzene rings is 1. The first-order chi connectivity index (χ1) is 25.5. The predicted octanol–water partition coefficient (Wildman–Crippen LogP) is 5.13. The molecule has 14 heteroatoms. The number of thioether (sulfide) groups is 2. The first-order valence-corrected chi connectivity index (χ1v) is 21.1. The van der Waals surface area contributed by atoms with Crippen molar-refractivity contribution in [2.75, 3.05) is 37.9 Å². The second-order valence-electron chi connectivity index (χ2n) is 13.9. The van der Waals surface area contributed by atoms with Crippen molar-refractivity contribution in [2.24, 2.45) is 0 Å². The van der Waals surface area contributed by atoms with Gasteiger partial charge in [-0.3, -0.25) is 28.9 Å². The highest BCUT2D eigenvalue weighted by Gasteiger charge is 2.48. The SMILES string of the molecule is CCCCc1nc2c(N)nc3ccccc3c2n1CCCCCC(=O)CCCCCN1C(=O)C(SCC(NC)C(C)=O)C(SCC(NC)C(C)=O)C1=O. The molecule has 1 fully saturated rings. The number of aryl methyl sites for hydroxylation is 2. The summed E-state index contributed by atoms with van der Waals surface area (Å²) in [5, 5.41) is 5.75. The average molecular weight is 768 g/mol. The van der Waals surface area contributed by atoms with Crippen molar-refractivity contribution in [2.45, 2.75) is 121 Å². The lowest BCUT2D eigenvalue weighted by Crippen LogP contribution is -2.38. The monoisotopic (exact) mass is 767 g/mol. The van der Waals surface area contributed by atoms with Crippen LogP contribution in [-0.2, 0) is 36.9 Å². The summed E-state index contributed by atoms with van der Waals surface area (Å²) >= 11 is 2.64.